The zero-order valence-electron chi connectivity index (χ0n) is 18.2. The second-order valence-electron chi connectivity index (χ2n) is 7.19. The monoisotopic (exact) mass is 432 g/mol. The predicted octanol–water partition coefficient (Wildman–Crippen LogP) is 3.55. The molecule has 1 atom stereocenters. The first kappa shape index (κ1) is 23.7. The van der Waals surface area contributed by atoms with Crippen LogP contribution in [0.4, 0.5) is 5.69 Å². The van der Waals surface area contributed by atoms with E-state index in [4.69, 9.17) is 4.74 Å². The van der Waals surface area contributed by atoms with Crippen molar-refractivity contribution in [2.45, 2.75) is 46.1 Å². The highest BCUT2D eigenvalue weighted by Crippen LogP contribution is 2.22. The summed E-state index contributed by atoms with van der Waals surface area (Å²) in [5.41, 5.74) is 2.69. The molecule has 0 radical (unpaired) electrons. The Kier molecular flexibility index (Phi) is 8.72. The van der Waals surface area contributed by atoms with Crippen molar-refractivity contribution in [1.29, 1.82) is 0 Å². The zero-order valence-corrected chi connectivity index (χ0v) is 19.0. The van der Waals surface area contributed by atoms with Crippen LogP contribution < -0.4 is 14.4 Å². The molecule has 6 nitrogen and oxygen atoms in total. The van der Waals surface area contributed by atoms with E-state index in [1.54, 1.807) is 19.1 Å². The molecule has 1 amide bonds. The van der Waals surface area contributed by atoms with Crippen LogP contribution in [0.2, 0.25) is 0 Å². The van der Waals surface area contributed by atoms with Crippen LogP contribution in [0, 0.1) is 0 Å². The van der Waals surface area contributed by atoms with E-state index in [-0.39, 0.29) is 5.91 Å². The summed E-state index contributed by atoms with van der Waals surface area (Å²) in [4.78, 5) is 12.7. The van der Waals surface area contributed by atoms with Crippen molar-refractivity contribution in [2.24, 2.45) is 0 Å². The van der Waals surface area contributed by atoms with Gasteiger partial charge in [-0.2, -0.15) is 0 Å². The number of amides is 1. The van der Waals surface area contributed by atoms with Gasteiger partial charge in [-0.05, 0) is 62.4 Å². The third-order valence-corrected chi connectivity index (χ3v) is 6.12. The second-order valence-corrected chi connectivity index (χ2v) is 9.05. The highest BCUT2D eigenvalue weighted by Gasteiger charge is 2.28. The van der Waals surface area contributed by atoms with Crippen molar-refractivity contribution in [3.63, 3.8) is 0 Å². The summed E-state index contributed by atoms with van der Waals surface area (Å²) in [5.74, 6) is 0.538. The molecule has 0 heterocycles. The van der Waals surface area contributed by atoms with E-state index in [1.165, 1.54) is 4.31 Å². The summed E-state index contributed by atoms with van der Waals surface area (Å²) in [6.07, 6.45) is 3.47. The average Bonchev–Trinajstić information content (AvgIpc) is 2.72. The number of hydrogen-bond donors (Lipinski definition) is 1. The van der Waals surface area contributed by atoms with Gasteiger partial charge in [0, 0.05) is 6.54 Å². The molecule has 0 saturated heterocycles. The number of ether oxygens (including phenoxy) is 1. The van der Waals surface area contributed by atoms with Gasteiger partial charge >= 0.3 is 0 Å². The lowest BCUT2D eigenvalue weighted by molar-refractivity contribution is -0.121. The van der Waals surface area contributed by atoms with E-state index in [9.17, 15) is 13.2 Å². The van der Waals surface area contributed by atoms with E-state index in [0.717, 1.165) is 42.4 Å². The number of benzene rings is 2. The smallest absolute Gasteiger partial charge is 0.243 e. The minimum absolute atomic E-state index is 0.321. The molecule has 1 unspecified atom stereocenters. The Morgan fingerprint density at radius 2 is 1.77 bits per heavy atom. The fourth-order valence-electron chi connectivity index (χ4n) is 3.33. The maximum absolute atomic E-state index is 12.7. The zero-order chi connectivity index (χ0) is 22.1. The fraction of sp³-hybridized carbons (Fsp3) is 0.435. The van der Waals surface area contributed by atoms with Gasteiger partial charge in [0.25, 0.3) is 0 Å². The summed E-state index contributed by atoms with van der Waals surface area (Å²) in [6.45, 7) is 6.64. The minimum atomic E-state index is -3.61. The normalized spacial score (nSPS) is 12.3. The van der Waals surface area contributed by atoms with E-state index >= 15 is 0 Å². The Hall–Kier alpha value is -2.54. The van der Waals surface area contributed by atoms with Gasteiger partial charge in [0.15, 0.2) is 0 Å². The maximum atomic E-state index is 12.7. The van der Waals surface area contributed by atoms with Crippen LogP contribution in [0.25, 0.3) is 0 Å². The highest BCUT2D eigenvalue weighted by molar-refractivity contribution is 7.92. The minimum Gasteiger partial charge on any atom is -0.494 e. The van der Waals surface area contributed by atoms with Crippen molar-refractivity contribution < 1.29 is 17.9 Å². The van der Waals surface area contributed by atoms with Crippen molar-refractivity contribution in [1.82, 2.24) is 5.32 Å². The molecule has 0 fully saturated rings. The molecule has 2 aromatic carbocycles. The van der Waals surface area contributed by atoms with Crippen LogP contribution in [0.5, 0.6) is 5.75 Å². The number of hydrogen-bond acceptors (Lipinski definition) is 4. The Bertz CT molecular complexity index is 926. The predicted molar refractivity (Wildman–Crippen MR) is 122 cm³/mol. The van der Waals surface area contributed by atoms with Gasteiger partial charge in [0.2, 0.25) is 15.9 Å². The molecule has 0 bridgehead atoms. The number of aryl methyl sites for hydroxylation is 2. The van der Waals surface area contributed by atoms with Crippen LogP contribution in [0.15, 0.2) is 48.5 Å². The first-order chi connectivity index (χ1) is 14.3. The molecule has 0 aliphatic carbocycles. The summed E-state index contributed by atoms with van der Waals surface area (Å²) < 4.78 is 31.6. The fourth-order valence-corrected chi connectivity index (χ4v) is 4.51. The number of nitrogens with one attached hydrogen (secondary N) is 1. The molecular weight excluding hydrogens is 400 g/mol. The van der Waals surface area contributed by atoms with Gasteiger partial charge in [-0.3, -0.25) is 9.10 Å². The first-order valence-electron chi connectivity index (χ1n) is 10.3. The summed E-state index contributed by atoms with van der Waals surface area (Å²) in [7, 11) is -3.61. The lowest BCUT2D eigenvalue weighted by atomic mass is 10.1. The Morgan fingerprint density at radius 3 is 2.37 bits per heavy atom. The van der Waals surface area contributed by atoms with Gasteiger partial charge < -0.3 is 10.1 Å². The highest BCUT2D eigenvalue weighted by atomic mass is 32.2. The molecule has 30 heavy (non-hydrogen) atoms. The summed E-state index contributed by atoms with van der Waals surface area (Å²) in [6, 6.07) is 14.3. The van der Waals surface area contributed by atoms with Gasteiger partial charge in [-0.15, -0.1) is 0 Å². The number of nitrogens with zero attached hydrogens (tertiary/aromatic N) is 1. The summed E-state index contributed by atoms with van der Waals surface area (Å²) >= 11 is 0. The van der Waals surface area contributed by atoms with Crippen LogP contribution in [-0.4, -0.2) is 39.8 Å². The summed E-state index contributed by atoms with van der Waals surface area (Å²) in [5, 5.41) is 2.86. The number of rotatable bonds is 11. The molecule has 0 aliphatic rings. The average molecular weight is 433 g/mol. The van der Waals surface area contributed by atoms with Crippen molar-refractivity contribution in [3.05, 3.63) is 59.7 Å². The van der Waals surface area contributed by atoms with Gasteiger partial charge in [-0.1, -0.05) is 37.3 Å². The third-order valence-electron chi connectivity index (χ3n) is 4.88. The SMILES string of the molecule is CCOc1ccccc1CCCNC(=O)C(C)N(c1ccc(CC)cc1)S(C)(=O)=O. The van der Waals surface area contributed by atoms with Crippen molar-refractivity contribution >= 4 is 21.6 Å². The lowest BCUT2D eigenvalue weighted by Gasteiger charge is -2.28. The Labute approximate surface area is 180 Å². The first-order valence-corrected chi connectivity index (χ1v) is 12.2. The largest absolute Gasteiger partial charge is 0.494 e. The van der Waals surface area contributed by atoms with Gasteiger partial charge in [-0.25, -0.2) is 8.42 Å². The van der Waals surface area contributed by atoms with Crippen LogP contribution in [-0.2, 0) is 27.7 Å². The molecule has 7 heteroatoms. The Morgan fingerprint density at radius 1 is 1.10 bits per heavy atom. The molecule has 1 N–H and O–H groups in total. The molecule has 0 spiro atoms. The number of para-hydroxylation sites is 1. The van der Waals surface area contributed by atoms with Crippen LogP contribution >= 0.6 is 0 Å². The Balaban J connectivity index is 1.98. The quantitative estimate of drug-likeness (QED) is 0.551. The molecule has 164 valence electrons. The number of carbonyl (C=O) groups is 1. The van der Waals surface area contributed by atoms with Crippen LogP contribution in [0.3, 0.4) is 0 Å². The number of sulfonamides is 1. The van der Waals surface area contributed by atoms with Gasteiger partial charge in [0.05, 0.1) is 18.6 Å². The van der Waals surface area contributed by atoms with E-state index in [0.29, 0.717) is 18.8 Å². The van der Waals surface area contributed by atoms with E-state index in [2.05, 4.69) is 5.32 Å². The third kappa shape index (κ3) is 6.49. The molecule has 0 aromatic heterocycles. The maximum Gasteiger partial charge on any atom is 0.243 e. The topological polar surface area (TPSA) is 75.7 Å². The van der Waals surface area contributed by atoms with Crippen molar-refractivity contribution in [2.75, 3.05) is 23.7 Å². The van der Waals surface area contributed by atoms with E-state index in [1.807, 2.05) is 50.2 Å². The number of carbonyl (C=O) groups excluding carboxylic acids is 1. The van der Waals surface area contributed by atoms with Gasteiger partial charge in [0.1, 0.15) is 11.8 Å². The van der Waals surface area contributed by atoms with Crippen LogP contribution in [0.1, 0.15) is 38.3 Å². The van der Waals surface area contributed by atoms with Crippen molar-refractivity contribution in [3.8, 4) is 5.75 Å². The standard InChI is InChI=1S/C23H32N2O4S/c1-5-19-13-15-21(16-14-19)25(30(4,27)28)18(3)23(26)24-17-9-11-20-10-7-8-12-22(20)29-6-2/h7-8,10,12-16,18H,5-6,9,11,17H2,1-4H3,(H,24,26). The molecule has 0 saturated carbocycles. The molecule has 2 rings (SSSR count). The molecule has 2 aromatic rings. The van der Waals surface area contributed by atoms with E-state index < -0.39 is 16.1 Å². The lowest BCUT2D eigenvalue weighted by Crippen LogP contribution is -2.48. The second kappa shape index (κ2) is 11.0. The molecule has 0 aliphatic heterocycles. The number of anilines is 1. The molecular formula is C23H32N2O4S.